The third-order valence-corrected chi connectivity index (χ3v) is 6.26. The Morgan fingerprint density at radius 2 is 1.30 bits per heavy atom. The molecule has 44 heavy (non-hydrogen) atoms. The van der Waals surface area contributed by atoms with E-state index in [1.165, 1.54) is 18.3 Å². The third kappa shape index (κ3) is 6.15. The summed E-state index contributed by atoms with van der Waals surface area (Å²) in [4.78, 5) is 8.08. The van der Waals surface area contributed by atoms with E-state index in [4.69, 9.17) is 0 Å². The Labute approximate surface area is 241 Å². The molecule has 5 rings (SSSR count). The first kappa shape index (κ1) is 30.3. The van der Waals surface area contributed by atoms with E-state index >= 15 is 8.78 Å². The van der Waals surface area contributed by atoms with E-state index in [-0.39, 0.29) is 17.5 Å². The minimum absolute atomic E-state index is 0.186. The van der Waals surface area contributed by atoms with E-state index in [1.54, 1.807) is 0 Å². The van der Waals surface area contributed by atoms with Crippen LogP contribution >= 0.6 is 0 Å². The van der Waals surface area contributed by atoms with Gasteiger partial charge in [0, 0.05) is 35.5 Å². The van der Waals surface area contributed by atoms with E-state index in [0.29, 0.717) is 35.7 Å². The van der Waals surface area contributed by atoms with Gasteiger partial charge in [-0.05, 0) is 42.1 Å². The maximum Gasteiger partial charge on any atom is 0.458 e. The molecule has 224 valence electrons. The van der Waals surface area contributed by atoms with Gasteiger partial charge in [0.2, 0.25) is 0 Å². The molecule has 0 bridgehead atoms. The van der Waals surface area contributed by atoms with E-state index in [1.807, 2.05) is 31.2 Å². The molecule has 13 heteroatoms. The van der Waals surface area contributed by atoms with Crippen molar-refractivity contribution in [2.24, 2.45) is 0 Å². The highest BCUT2D eigenvalue weighted by atomic mass is 19.4. The molecule has 0 spiro atoms. The lowest BCUT2D eigenvalue weighted by molar-refractivity contribution is -0.189. The summed E-state index contributed by atoms with van der Waals surface area (Å²) in [5.41, 5.74) is -1.21. The van der Waals surface area contributed by atoms with Gasteiger partial charge in [0.25, 0.3) is 0 Å². The minimum atomic E-state index is -5.11. The lowest BCUT2D eigenvalue weighted by Gasteiger charge is -2.20. The van der Waals surface area contributed by atoms with Gasteiger partial charge in [-0.1, -0.05) is 35.7 Å². The average molecular weight is 620 g/mol. The van der Waals surface area contributed by atoms with Crippen molar-refractivity contribution in [3.8, 4) is 40.1 Å². The van der Waals surface area contributed by atoms with Gasteiger partial charge in [-0.15, -0.1) is 0 Å². The van der Waals surface area contributed by atoms with Crippen LogP contribution in [0.5, 0.6) is 5.75 Å². The van der Waals surface area contributed by atoms with Crippen LogP contribution in [0.25, 0.3) is 33.3 Å². The maximum atomic E-state index is 15.0. The molecule has 4 aromatic carbocycles. The van der Waals surface area contributed by atoms with Crippen LogP contribution in [-0.4, -0.2) is 16.1 Å². The van der Waals surface area contributed by atoms with Crippen LogP contribution in [0, 0.1) is 47.9 Å². The predicted octanol–water partition coefficient (Wildman–Crippen LogP) is 9.01. The van der Waals surface area contributed by atoms with Crippen LogP contribution in [-0.2, 0) is 6.11 Å². The van der Waals surface area contributed by atoms with Crippen molar-refractivity contribution in [3.05, 3.63) is 113 Å². The standard InChI is InChI=1S/C31H14F10N2O/c1-15-2-4-16(5-3-15)19-13-42-29(43-14-19)18-10-24(34)27(25(35)11-18)31(40,41)44-20-8-17-9-22(32)21(6-7-30(37,38)39)28(36)26(17)23(33)12-20/h2-5,8-14H,1H3. The fourth-order valence-electron chi connectivity index (χ4n) is 4.24. The summed E-state index contributed by atoms with van der Waals surface area (Å²) >= 11 is 0. The highest BCUT2D eigenvalue weighted by Gasteiger charge is 2.41. The Balaban J connectivity index is 1.45. The zero-order valence-electron chi connectivity index (χ0n) is 21.9. The third-order valence-electron chi connectivity index (χ3n) is 6.26. The second kappa shape index (κ2) is 11.2. The van der Waals surface area contributed by atoms with E-state index in [9.17, 15) is 35.1 Å². The van der Waals surface area contributed by atoms with Crippen LogP contribution in [0.2, 0.25) is 0 Å². The largest absolute Gasteiger partial charge is 0.458 e. The van der Waals surface area contributed by atoms with Crippen LogP contribution < -0.4 is 4.74 Å². The van der Waals surface area contributed by atoms with Crippen LogP contribution in [0.4, 0.5) is 43.9 Å². The van der Waals surface area contributed by atoms with Gasteiger partial charge in [-0.2, -0.15) is 22.0 Å². The molecule has 0 N–H and O–H groups in total. The molecule has 0 aliphatic rings. The summed E-state index contributed by atoms with van der Waals surface area (Å²) in [6.07, 6.45) is -7.14. The summed E-state index contributed by atoms with van der Waals surface area (Å²) in [5, 5.41) is -1.82. The van der Waals surface area contributed by atoms with Crippen molar-refractivity contribution >= 4 is 10.8 Å². The molecule has 5 aromatic rings. The van der Waals surface area contributed by atoms with Crippen molar-refractivity contribution in [2.45, 2.75) is 19.2 Å². The van der Waals surface area contributed by atoms with E-state index in [0.717, 1.165) is 11.1 Å². The Hall–Kier alpha value is -5.12. The molecule has 0 radical (unpaired) electrons. The molecule has 0 aliphatic carbocycles. The Morgan fingerprint density at radius 1 is 0.682 bits per heavy atom. The fourth-order valence-corrected chi connectivity index (χ4v) is 4.24. The smallest absolute Gasteiger partial charge is 0.429 e. The molecule has 0 saturated carbocycles. The first-order valence-corrected chi connectivity index (χ1v) is 12.3. The molecule has 3 nitrogen and oxygen atoms in total. The van der Waals surface area contributed by atoms with Crippen LogP contribution in [0.1, 0.15) is 16.7 Å². The zero-order chi connectivity index (χ0) is 32.0. The minimum Gasteiger partial charge on any atom is -0.429 e. The fraction of sp³-hybridized carbons (Fsp3) is 0.0968. The molecule has 0 amide bonds. The van der Waals surface area contributed by atoms with Gasteiger partial charge in [0.15, 0.2) is 11.6 Å². The van der Waals surface area contributed by atoms with E-state index < -0.39 is 69.0 Å². The summed E-state index contributed by atoms with van der Waals surface area (Å²) in [5.74, 6) is -8.11. The number of halogens is 10. The molecule has 1 heterocycles. The summed E-state index contributed by atoms with van der Waals surface area (Å²) in [7, 11) is 0. The molecular formula is C31H14F10N2O. The monoisotopic (exact) mass is 620 g/mol. The second-order valence-electron chi connectivity index (χ2n) is 9.39. The topological polar surface area (TPSA) is 35.0 Å². The van der Waals surface area contributed by atoms with E-state index in [2.05, 4.69) is 14.7 Å². The van der Waals surface area contributed by atoms with Gasteiger partial charge in [-0.25, -0.2) is 31.9 Å². The molecule has 1 aromatic heterocycles. The highest BCUT2D eigenvalue weighted by Crippen LogP contribution is 2.39. The highest BCUT2D eigenvalue weighted by molar-refractivity contribution is 5.87. The van der Waals surface area contributed by atoms with Crippen molar-refractivity contribution < 1.29 is 48.6 Å². The van der Waals surface area contributed by atoms with Crippen molar-refractivity contribution in [2.75, 3.05) is 0 Å². The Kier molecular flexibility index (Phi) is 7.71. The number of aromatic nitrogens is 2. The number of fused-ring (bicyclic) bond motifs is 1. The quantitative estimate of drug-likeness (QED) is 0.145. The summed E-state index contributed by atoms with van der Waals surface area (Å²) < 4.78 is 145. The van der Waals surface area contributed by atoms with Gasteiger partial charge >= 0.3 is 12.3 Å². The summed E-state index contributed by atoms with van der Waals surface area (Å²) in [6.45, 7) is 1.89. The van der Waals surface area contributed by atoms with Crippen molar-refractivity contribution in [3.63, 3.8) is 0 Å². The maximum absolute atomic E-state index is 15.0. The normalized spacial score (nSPS) is 11.8. The number of alkyl halides is 5. The second-order valence-corrected chi connectivity index (χ2v) is 9.39. The molecule has 0 aliphatic heterocycles. The average Bonchev–Trinajstić information content (AvgIpc) is 2.91. The van der Waals surface area contributed by atoms with Gasteiger partial charge in [0.1, 0.15) is 34.6 Å². The number of hydrogen-bond acceptors (Lipinski definition) is 3. The lowest BCUT2D eigenvalue weighted by atomic mass is 10.0. The number of rotatable bonds is 5. The predicted molar refractivity (Wildman–Crippen MR) is 139 cm³/mol. The Bertz CT molecular complexity index is 1940. The molecule has 0 unspecified atom stereocenters. The van der Waals surface area contributed by atoms with Crippen LogP contribution in [0.3, 0.4) is 0 Å². The number of aryl methyl sites for hydroxylation is 1. The van der Waals surface area contributed by atoms with Crippen LogP contribution in [0.15, 0.2) is 67.0 Å². The number of nitrogens with zero attached hydrogens (tertiary/aromatic N) is 2. The van der Waals surface area contributed by atoms with Crippen molar-refractivity contribution in [1.29, 1.82) is 0 Å². The first-order valence-electron chi connectivity index (χ1n) is 12.3. The van der Waals surface area contributed by atoms with Gasteiger partial charge in [-0.3, -0.25) is 0 Å². The molecule has 0 fully saturated rings. The summed E-state index contributed by atoms with van der Waals surface area (Å²) in [6, 6.07) is 9.42. The SMILES string of the molecule is Cc1ccc(-c2cnc(-c3cc(F)c(C(F)(F)Oc4cc(F)c5c(F)c(C#CC(F)(F)F)c(F)cc5c4)c(F)c3)nc2)cc1. The molecular weight excluding hydrogens is 606 g/mol. The van der Waals surface area contributed by atoms with Gasteiger partial charge < -0.3 is 4.74 Å². The number of hydrogen-bond donors (Lipinski definition) is 0. The number of benzene rings is 4. The first-order chi connectivity index (χ1) is 20.6. The number of ether oxygens (including phenoxy) is 1. The van der Waals surface area contributed by atoms with Crippen molar-refractivity contribution in [1.82, 2.24) is 9.97 Å². The Morgan fingerprint density at radius 3 is 1.89 bits per heavy atom. The zero-order valence-corrected chi connectivity index (χ0v) is 21.9. The molecule has 0 saturated heterocycles. The lowest BCUT2D eigenvalue weighted by Crippen LogP contribution is -2.25. The molecule has 0 atom stereocenters. The van der Waals surface area contributed by atoms with Gasteiger partial charge in [0.05, 0.1) is 10.9 Å².